The van der Waals surface area contributed by atoms with Crippen LogP contribution in [0.25, 0.3) is 6.08 Å². The summed E-state index contributed by atoms with van der Waals surface area (Å²) in [6.45, 7) is 7.51. The van der Waals surface area contributed by atoms with Gasteiger partial charge in [0.2, 0.25) is 0 Å². The average molecular weight is 470 g/mol. The van der Waals surface area contributed by atoms with Crippen molar-refractivity contribution in [3.63, 3.8) is 0 Å². The molecule has 0 radical (unpaired) electrons. The van der Waals surface area contributed by atoms with E-state index in [1.807, 2.05) is 39.0 Å². The van der Waals surface area contributed by atoms with Crippen LogP contribution < -0.4 is 9.47 Å². The van der Waals surface area contributed by atoms with Gasteiger partial charge in [-0.15, -0.1) is 0 Å². The molecule has 0 aromatic heterocycles. The molecule has 1 aliphatic heterocycles. The van der Waals surface area contributed by atoms with Gasteiger partial charge < -0.3 is 9.47 Å². The van der Waals surface area contributed by atoms with Crippen molar-refractivity contribution in [3.05, 3.63) is 63.0 Å². The van der Waals surface area contributed by atoms with Gasteiger partial charge in [-0.25, -0.2) is 0 Å². The maximum absolute atomic E-state index is 12.7. The Bertz CT molecular complexity index is 1110. The van der Waals surface area contributed by atoms with E-state index in [-0.39, 0.29) is 12.5 Å². The molecule has 0 spiro atoms. The van der Waals surface area contributed by atoms with E-state index in [9.17, 15) is 10.1 Å². The number of amides is 1. The third kappa shape index (κ3) is 5.26. The fraction of sp³-hybridized carbons (Fsp3) is 0.292. The fourth-order valence-corrected chi connectivity index (χ4v) is 4.55. The Morgan fingerprint density at radius 3 is 2.69 bits per heavy atom. The monoisotopic (exact) mass is 469 g/mol. The van der Waals surface area contributed by atoms with Gasteiger partial charge in [-0.05, 0) is 62.4 Å². The van der Waals surface area contributed by atoms with Crippen molar-refractivity contribution in [3.8, 4) is 17.6 Å². The number of halogens is 1. The second-order valence-corrected chi connectivity index (χ2v) is 8.15. The smallest absolute Gasteiger partial charge is 0.266 e. The molecule has 2 aromatic rings. The number of carbonyl (C=O) groups excluding carboxylic acids is 1. The molecule has 1 fully saturated rings. The zero-order valence-electron chi connectivity index (χ0n) is 18.2. The minimum Gasteiger partial charge on any atom is -0.490 e. The van der Waals surface area contributed by atoms with E-state index in [0.717, 1.165) is 11.1 Å². The Balaban J connectivity index is 1.90. The van der Waals surface area contributed by atoms with Gasteiger partial charge in [-0.2, -0.15) is 5.26 Å². The van der Waals surface area contributed by atoms with Gasteiger partial charge in [0.05, 0.1) is 28.2 Å². The van der Waals surface area contributed by atoms with Crippen molar-refractivity contribution < 1.29 is 14.3 Å². The van der Waals surface area contributed by atoms with Crippen molar-refractivity contribution in [2.45, 2.75) is 27.4 Å². The molecule has 0 aliphatic carbocycles. The van der Waals surface area contributed by atoms with Crippen molar-refractivity contribution in [2.24, 2.45) is 4.99 Å². The van der Waals surface area contributed by atoms with Crippen molar-refractivity contribution in [1.29, 1.82) is 5.26 Å². The van der Waals surface area contributed by atoms with E-state index in [0.29, 0.717) is 51.9 Å². The van der Waals surface area contributed by atoms with Gasteiger partial charge in [-0.3, -0.25) is 14.7 Å². The van der Waals surface area contributed by atoms with Crippen LogP contribution in [0.5, 0.6) is 11.5 Å². The van der Waals surface area contributed by atoms with E-state index in [4.69, 9.17) is 21.1 Å². The van der Waals surface area contributed by atoms with E-state index in [1.54, 1.807) is 29.2 Å². The number of amidine groups is 1. The fourth-order valence-electron chi connectivity index (χ4n) is 3.17. The second kappa shape index (κ2) is 11.1. The normalized spacial score (nSPS) is 16.0. The number of hydrogen-bond acceptors (Lipinski definition) is 6. The highest BCUT2D eigenvalue weighted by molar-refractivity contribution is 8.18. The zero-order valence-corrected chi connectivity index (χ0v) is 19.8. The third-order valence-corrected chi connectivity index (χ3v) is 5.96. The SMILES string of the molecule is CCN=C1S/C(=C/c2cc(Cl)c(OCc3ccccc3C#N)c(OCC)c2)C(=O)N1CC. The highest BCUT2D eigenvalue weighted by atomic mass is 35.5. The molecule has 0 N–H and O–H groups in total. The molecule has 3 rings (SSSR count). The Morgan fingerprint density at radius 1 is 1.22 bits per heavy atom. The molecular formula is C24H24ClN3O3S. The molecule has 1 saturated heterocycles. The van der Waals surface area contributed by atoms with Crippen LogP contribution in [-0.2, 0) is 11.4 Å². The number of nitriles is 1. The number of likely N-dealkylation sites (N-methyl/N-ethyl adjacent to an activating group) is 1. The summed E-state index contributed by atoms with van der Waals surface area (Å²) in [6, 6.07) is 12.9. The largest absolute Gasteiger partial charge is 0.490 e. The number of nitrogens with zero attached hydrogens (tertiary/aromatic N) is 3. The number of thioether (sulfide) groups is 1. The Labute approximate surface area is 197 Å². The summed E-state index contributed by atoms with van der Waals surface area (Å²) < 4.78 is 11.7. The van der Waals surface area contributed by atoms with Gasteiger partial charge in [0.25, 0.3) is 5.91 Å². The molecule has 1 amide bonds. The van der Waals surface area contributed by atoms with Gasteiger partial charge in [0.15, 0.2) is 16.7 Å². The minimum atomic E-state index is -0.0766. The number of hydrogen-bond donors (Lipinski definition) is 0. The van der Waals surface area contributed by atoms with E-state index in [2.05, 4.69) is 11.1 Å². The first kappa shape index (κ1) is 23.7. The maximum Gasteiger partial charge on any atom is 0.266 e. The highest BCUT2D eigenvalue weighted by Gasteiger charge is 2.32. The second-order valence-electron chi connectivity index (χ2n) is 6.74. The molecule has 0 saturated carbocycles. The first-order valence-electron chi connectivity index (χ1n) is 10.3. The first-order valence-corrected chi connectivity index (χ1v) is 11.5. The maximum atomic E-state index is 12.7. The van der Waals surface area contributed by atoms with Crippen molar-refractivity contribution in [1.82, 2.24) is 4.90 Å². The van der Waals surface area contributed by atoms with Crippen LogP contribution in [-0.4, -0.2) is 35.7 Å². The molecule has 8 heteroatoms. The van der Waals surface area contributed by atoms with Crippen LogP contribution in [0, 0.1) is 11.3 Å². The average Bonchev–Trinajstić information content (AvgIpc) is 3.07. The molecule has 0 atom stereocenters. The van der Waals surface area contributed by atoms with E-state index in [1.165, 1.54) is 11.8 Å². The first-order chi connectivity index (χ1) is 15.5. The van der Waals surface area contributed by atoms with Crippen LogP contribution in [0.1, 0.15) is 37.5 Å². The summed E-state index contributed by atoms with van der Waals surface area (Å²) in [5.41, 5.74) is 2.03. The molecule has 1 aliphatic rings. The molecule has 1 heterocycles. The summed E-state index contributed by atoms with van der Waals surface area (Å²) in [5.74, 6) is 0.802. The number of aliphatic imine (C=N–C) groups is 1. The topological polar surface area (TPSA) is 74.9 Å². The summed E-state index contributed by atoms with van der Waals surface area (Å²) in [5, 5.41) is 10.4. The number of benzene rings is 2. The summed E-state index contributed by atoms with van der Waals surface area (Å²) >= 11 is 7.89. The zero-order chi connectivity index (χ0) is 23.1. The third-order valence-electron chi connectivity index (χ3n) is 4.64. The lowest BCUT2D eigenvalue weighted by molar-refractivity contribution is -0.122. The van der Waals surface area contributed by atoms with Gasteiger partial charge >= 0.3 is 0 Å². The lowest BCUT2D eigenvalue weighted by atomic mass is 10.1. The molecule has 0 bridgehead atoms. The van der Waals surface area contributed by atoms with Gasteiger partial charge in [0.1, 0.15) is 6.61 Å². The molecule has 32 heavy (non-hydrogen) atoms. The highest BCUT2D eigenvalue weighted by Crippen LogP contribution is 2.39. The number of rotatable bonds is 8. The van der Waals surface area contributed by atoms with Gasteiger partial charge in [-0.1, -0.05) is 29.8 Å². The quantitative estimate of drug-likeness (QED) is 0.477. The Morgan fingerprint density at radius 2 is 2.00 bits per heavy atom. The van der Waals surface area contributed by atoms with Crippen LogP contribution in [0.2, 0.25) is 5.02 Å². The molecule has 6 nitrogen and oxygen atoms in total. The predicted molar refractivity (Wildman–Crippen MR) is 129 cm³/mol. The lowest BCUT2D eigenvalue weighted by Crippen LogP contribution is -2.28. The number of ether oxygens (including phenoxy) is 2. The lowest BCUT2D eigenvalue weighted by Gasteiger charge is -2.15. The summed E-state index contributed by atoms with van der Waals surface area (Å²) in [7, 11) is 0. The minimum absolute atomic E-state index is 0.0766. The Kier molecular flexibility index (Phi) is 8.20. The molecule has 2 aromatic carbocycles. The van der Waals surface area contributed by atoms with Crippen molar-refractivity contribution in [2.75, 3.05) is 19.7 Å². The molecular weight excluding hydrogens is 446 g/mol. The summed E-state index contributed by atoms with van der Waals surface area (Å²) in [4.78, 5) is 19.4. The van der Waals surface area contributed by atoms with E-state index >= 15 is 0 Å². The van der Waals surface area contributed by atoms with Crippen LogP contribution >= 0.6 is 23.4 Å². The van der Waals surface area contributed by atoms with Gasteiger partial charge in [0, 0.05) is 18.7 Å². The van der Waals surface area contributed by atoms with Crippen LogP contribution in [0.15, 0.2) is 46.3 Å². The Hall–Kier alpha value is -2.95. The summed E-state index contributed by atoms with van der Waals surface area (Å²) in [6.07, 6.45) is 1.79. The molecule has 0 unspecified atom stereocenters. The van der Waals surface area contributed by atoms with E-state index < -0.39 is 0 Å². The predicted octanol–water partition coefficient (Wildman–Crippen LogP) is 5.50. The van der Waals surface area contributed by atoms with Crippen molar-refractivity contribution >= 4 is 40.5 Å². The van der Waals surface area contributed by atoms with Crippen LogP contribution in [0.3, 0.4) is 0 Å². The molecule has 166 valence electrons. The standard InChI is InChI=1S/C24H24ClN3O3S/c1-4-27-24-28(5-2)23(29)21(32-24)13-16-11-19(25)22(20(12-16)30-6-3)31-15-18-10-8-7-9-17(18)14-26/h7-13H,4-6,15H2,1-3H3/b21-13+,27-24?. The van der Waals surface area contributed by atoms with Crippen LogP contribution in [0.4, 0.5) is 0 Å². The number of carbonyl (C=O) groups is 1.